The van der Waals surface area contributed by atoms with Gasteiger partial charge in [0.05, 0.1) is 5.69 Å². The summed E-state index contributed by atoms with van der Waals surface area (Å²) in [5.41, 5.74) is 6.92. The second-order valence-corrected chi connectivity index (χ2v) is 9.66. The number of aromatic hydroxyl groups is 1. The first-order valence-corrected chi connectivity index (χ1v) is 11.8. The van der Waals surface area contributed by atoms with Gasteiger partial charge in [-0.25, -0.2) is 9.36 Å². The van der Waals surface area contributed by atoms with Crippen LogP contribution in [-0.2, 0) is 18.3 Å². The van der Waals surface area contributed by atoms with E-state index in [-0.39, 0.29) is 23.0 Å². The number of phenols is 1. The zero-order valence-electron chi connectivity index (χ0n) is 21.7. The highest BCUT2D eigenvalue weighted by Gasteiger charge is 2.41. The van der Waals surface area contributed by atoms with Gasteiger partial charge in [0.1, 0.15) is 23.0 Å². The van der Waals surface area contributed by atoms with E-state index in [0.717, 1.165) is 20.3 Å². The van der Waals surface area contributed by atoms with Gasteiger partial charge in [0, 0.05) is 24.6 Å². The maximum absolute atomic E-state index is 13.5. The highest BCUT2D eigenvalue weighted by Crippen LogP contribution is 2.43. The van der Waals surface area contributed by atoms with E-state index < -0.39 is 22.8 Å². The molecule has 2 heterocycles. The number of amides is 1. The maximum atomic E-state index is 13.5. The number of carbonyl (C=O) groups is 2. The topological polar surface area (TPSA) is 146 Å². The number of nitrogens with two attached hydrogens (primary N) is 1. The van der Waals surface area contributed by atoms with E-state index in [1.807, 2.05) is 13.8 Å². The van der Waals surface area contributed by atoms with Crippen LogP contribution >= 0.6 is 0 Å². The van der Waals surface area contributed by atoms with E-state index in [0.29, 0.717) is 41.0 Å². The third-order valence-electron chi connectivity index (χ3n) is 7.26. The minimum Gasteiger partial charge on any atom is -0.507 e. The molecule has 1 aliphatic heterocycles. The average molecular weight is 507 g/mol. The van der Waals surface area contributed by atoms with Gasteiger partial charge in [-0.3, -0.25) is 19.0 Å². The highest BCUT2D eigenvalue weighted by molar-refractivity contribution is 5.99. The standard InChI is InChI=1S/C27H30N4O6/c1-13-14(2)22-19(15(3)21(13)33)11-12-27(5,37-22)25(35)29-20-23(28)31(26(36)30(6)24(20)34)18-9-7-17(8-10-18)16(4)32/h7-10,33H,11-12,28H2,1-6H3,(H,29,35). The van der Waals surface area contributed by atoms with Gasteiger partial charge in [-0.15, -0.1) is 0 Å². The molecule has 0 radical (unpaired) electrons. The molecule has 1 aliphatic rings. The lowest BCUT2D eigenvalue weighted by Gasteiger charge is -2.36. The third-order valence-corrected chi connectivity index (χ3v) is 7.26. The molecule has 0 saturated carbocycles. The zero-order chi connectivity index (χ0) is 27.4. The summed E-state index contributed by atoms with van der Waals surface area (Å²) in [6.45, 7) is 8.46. The van der Waals surface area contributed by atoms with E-state index in [1.54, 1.807) is 26.0 Å². The average Bonchev–Trinajstić information content (AvgIpc) is 2.87. The fourth-order valence-corrected chi connectivity index (χ4v) is 4.59. The largest absolute Gasteiger partial charge is 0.507 e. The number of rotatable bonds is 4. The van der Waals surface area contributed by atoms with Gasteiger partial charge in [0.15, 0.2) is 11.4 Å². The van der Waals surface area contributed by atoms with E-state index in [2.05, 4.69) is 5.32 Å². The number of ketones is 1. The lowest BCUT2D eigenvalue weighted by atomic mass is 9.86. The molecule has 0 fully saturated rings. The van der Waals surface area contributed by atoms with Crippen LogP contribution in [0, 0.1) is 20.8 Å². The van der Waals surface area contributed by atoms with Gasteiger partial charge in [0.2, 0.25) is 0 Å². The summed E-state index contributed by atoms with van der Waals surface area (Å²) < 4.78 is 8.16. The number of carbonyl (C=O) groups excluding carboxylic acids is 2. The van der Waals surface area contributed by atoms with Gasteiger partial charge in [-0.05, 0) is 82.0 Å². The molecule has 10 heteroatoms. The summed E-state index contributed by atoms with van der Waals surface area (Å²) in [6.07, 6.45) is 0.774. The number of hydrogen-bond donors (Lipinski definition) is 3. The molecule has 2 aromatic carbocycles. The van der Waals surface area contributed by atoms with Gasteiger partial charge >= 0.3 is 5.69 Å². The second-order valence-electron chi connectivity index (χ2n) is 9.66. The lowest BCUT2D eigenvalue weighted by Crippen LogP contribution is -2.50. The smallest absolute Gasteiger partial charge is 0.337 e. The van der Waals surface area contributed by atoms with Crippen LogP contribution in [0.5, 0.6) is 11.5 Å². The Morgan fingerprint density at radius 3 is 2.30 bits per heavy atom. The molecule has 0 saturated heterocycles. The van der Waals surface area contributed by atoms with Crippen molar-refractivity contribution in [3.63, 3.8) is 0 Å². The van der Waals surface area contributed by atoms with Crippen LogP contribution < -0.4 is 27.0 Å². The monoisotopic (exact) mass is 506 g/mol. The summed E-state index contributed by atoms with van der Waals surface area (Å²) in [5, 5.41) is 13.0. The van der Waals surface area contributed by atoms with Crippen molar-refractivity contribution >= 4 is 23.2 Å². The first-order valence-electron chi connectivity index (χ1n) is 11.8. The molecular formula is C27H30N4O6. The number of phenolic OH excluding ortho intramolecular Hbond substituents is 1. The molecule has 0 aliphatic carbocycles. The molecule has 10 nitrogen and oxygen atoms in total. The number of benzene rings is 2. The lowest BCUT2D eigenvalue weighted by molar-refractivity contribution is -0.131. The Morgan fingerprint density at radius 1 is 1.08 bits per heavy atom. The number of fused-ring (bicyclic) bond motifs is 1. The van der Waals surface area contributed by atoms with Crippen LogP contribution in [-0.4, -0.2) is 31.5 Å². The second kappa shape index (κ2) is 8.95. The highest BCUT2D eigenvalue weighted by atomic mass is 16.5. The number of nitrogen functional groups attached to an aromatic ring is 1. The van der Waals surface area contributed by atoms with E-state index >= 15 is 0 Å². The molecule has 1 amide bonds. The summed E-state index contributed by atoms with van der Waals surface area (Å²) >= 11 is 0. The van der Waals surface area contributed by atoms with Crippen LogP contribution in [0.2, 0.25) is 0 Å². The quantitative estimate of drug-likeness (QED) is 0.461. The van der Waals surface area contributed by atoms with Crippen molar-refractivity contribution in [2.45, 2.75) is 53.1 Å². The number of anilines is 2. The van der Waals surface area contributed by atoms with Crippen LogP contribution in [0.3, 0.4) is 0 Å². The fraction of sp³-hybridized carbons (Fsp3) is 0.333. The first kappa shape index (κ1) is 25.7. The van der Waals surface area contributed by atoms with Gasteiger partial charge in [-0.1, -0.05) is 0 Å². The van der Waals surface area contributed by atoms with Crippen molar-refractivity contribution in [2.75, 3.05) is 11.1 Å². The molecule has 4 N–H and O–H groups in total. The normalized spacial score (nSPS) is 16.6. The van der Waals surface area contributed by atoms with Crippen molar-refractivity contribution < 1.29 is 19.4 Å². The minimum absolute atomic E-state index is 0.140. The van der Waals surface area contributed by atoms with E-state index in [4.69, 9.17) is 10.5 Å². The van der Waals surface area contributed by atoms with E-state index in [1.165, 1.54) is 26.1 Å². The molecule has 1 unspecified atom stereocenters. The Hall–Kier alpha value is -4.34. The number of Topliss-reactive ketones (excluding diaryl/α,β-unsaturated/α-hetero) is 1. The van der Waals surface area contributed by atoms with Crippen molar-refractivity contribution in [3.05, 3.63) is 72.9 Å². The molecule has 0 bridgehead atoms. The van der Waals surface area contributed by atoms with E-state index in [9.17, 15) is 24.3 Å². The zero-order valence-corrected chi connectivity index (χ0v) is 21.7. The number of ether oxygens (including phenoxy) is 1. The summed E-state index contributed by atoms with van der Waals surface area (Å²) in [6, 6.07) is 6.17. The molecular weight excluding hydrogens is 476 g/mol. The van der Waals surface area contributed by atoms with Crippen LogP contribution in [0.15, 0.2) is 33.9 Å². The summed E-state index contributed by atoms with van der Waals surface area (Å²) in [7, 11) is 1.29. The third kappa shape index (κ3) is 4.08. The van der Waals surface area contributed by atoms with Crippen molar-refractivity contribution in [1.29, 1.82) is 0 Å². The Kier molecular flexibility index (Phi) is 6.23. The Bertz CT molecular complexity index is 1580. The molecule has 1 atom stereocenters. The fourth-order valence-electron chi connectivity index (χ4n) is 4.59. The van der Waals surface area contributed by atoms with Crippen LogP contribution in [0.1, 0.15) is 52.9 Å². The molecule has 37 heavy (non-hydrogen) atoms. The molecule has 4 rings (SSSR count). The van der Waals surface area contributed by atoms with Crippen LogP contribution in [0.4, 0.5) is 11.5 Å². The maximum Gasteiger partial charge on any atom is 0.337 e. The summed E-state index contributed by atoms with van der Waals surface area (Å²) in [5.74, 6) is -0.235. The number of hydrogen-bond acceptors (Lipinski definition) is 7. The number of aromatic nitrogens is 2. The Balaban J connectivity index is 1.74. The number of nitrogens with zero attached hydrogens (tertiary/aromatic N) is 2. The molecule has 194 valence electrons. The molecule has 3 aromatic rings. The molecule has 0 spiro atoms. The Morgan fingerprint density at radius 2 is 1.70 bits per heavy atom. The van der Waals surface area contributed by atoms with Crippen LogP contribution in [0.25, 0.3) is 5.69 Å². The Labute approximate surface area is 213 Å². The summed E-state index contributed by atoms with van der Waals surface area (Å²) in [4.78, 5) is 51.0. The minimum atomic E-state index is -1.34. The predicted octanol–water partition coefficient (Wildman–Crippen LogP) is 2.67. The number of nitrogens with one attached hydrogen (secondary N) is 1. The van der Waals surface area contributed by atoms with Gasteiger partial charge in [0.25, 0.3) is 11.5 Å². The van der Waals surface area contributed by atoms with Gasteiger partial charge in [-0.2, -0.15) is 0 Å². The van der Waals surface area contributed by atoms with Crippen molar-refractivity contribution in [2.24, 2.45) is 7.05 Å². The van der Waals surface area contributed by atoms with Crippen molar-refractivity contribution in [1.82, 2.24) is 9.13 Å². The van der Waals surface area contributed by atoms with Gasteiger partial charge < -0.3 is 20.9 Å². The molecule has 1 aromatic heterocycles. The predicted molar refractivity (Wildman–Crippen MR) is 140 cm³/mol. The van der Waals surface area contributed by atoms with Crippen molar-refractivity contribution in [3.8, 4) is 17.2 Å². The SMILES string of the molecule is CC(=O)c1ccc(-n2c(N)c(NC(=O)C3(C)CCc4c(C)c(O)c(C)c(C)c4O3)c(=O)n(C)c2=O)cc1. The first-order chi connectivity index (χ1) is 17.3.